The molecule has 0 amide bonds. The van der Waals surface area contributed by atoms with E-state index in [4.69, 9.17) is 0 Å². The number of anilines is 2. The molecule has 2 aromatic heterocycles. The Morgan fingerprint density at radius 2 is 0.515 bits per heavy atom. The van der Waals surface area contributed by atoms with Crippen molar-refractivity contribution in [2.75, 3.05) is 7.42 Å². The van der Waals surface area contributed by atoms with Crippen molar-refractivity contribution in [3.05, 3.63) is 190 Å². The first-order valence-corrected chi connectivity index (χ1v) is 27.6. The van der Waals surface area contributed by atoms with Gasteiger partial charge < -0.3 is 0 Å². The van der Waals surface area contributed by atoms with Gasteiger partial charge in [0.2, 0.25) is 10.3 Å². The summed E-state index contributed by atoms with van der Waals surface area (Å²) in [5, 5.41) is 3.02. The molecule has 18 heteroatoms. The van der Waals surface area contributed by atoms with Crippen LogP contribution in [0, 0.1) is 41.5 Å². The maximum absolute atomic E-state index is 13.6. The summed E-state index contributed by atoms with van der Waals surface area (Å²) in [6, 6.07) is 39.3. The van der Waals surface area contributed by atoms with Crippen molar-refractivity contribution in [2.24, 2.45) is 0 Å². The zero-order chi connectivity index (χ0) is 47.6. The van der Waals surface area contributed by atoms with Gasteiger partial charge in [-0.1, -0.05) is 130 Å². The number of rotatable bonds is 12. The fourth-order valence-corrected chi connectivity index (χ4v) is 16.1. The first-order chi connectivity index (χ1) is 31.2. The molecule has 6 aromatic carbocycles. The van der Waals surface area contributed by atoms with Crippen LogP contribution >= 0.6 is 22.7 Å². The molecule has 0 aliphatic heterocycles. The molecule has 0 aliphatic carbocycles. The van der Waals surface area contributed by atoms with E-state index in [0.29, 0.717) is 18.8 Å². The molecule has 0 N–H and O–H groups in total. The minimum atomic E-state index is -4.47. The first-order valence-electron chi connectivity index (χ1n) is 20.1. The smallest absolute Gasteiger partial charge is 0.218 e. The average molecular weight is 997 g/mol. The van der Waals surface area contributed by atoms with Crippen molar-refractivity contribution in [1.29, 1.82) is 0 Å². The van der Waals surface area contributed by atoms with E-state index in [1.54, 1.807) is 59.3 Å². The van der Waals surface area contributed by atoms with Crippen molar-refractivity contribution < 1.29 is 33.7 Å². The lowest BCUT2D eigenvalue weighted by Crippen LogP contribution is -2.37. The lowest BCUT2D eigenvalue weighted by molar-refractivity contribution is 0.580. The molecule has 66 heavy (non-hydrogen) atoms. The Balaban J connectivity index is 0.000000196. The van der Waals surface area contributed by atoms with Gasteiger partial charge in [-0.05, 0) is 90.1 Å². The summed E-state index contributed by atoms with van der Waals surface area (Å²) < 4.78 is 110. The van der Waals surface area contributed by atoms with E-state index in [-0.39, 0.29) is 29.8 Å². The average Bonchev–Trinajstić information content (AvgIpc) is 3.95. The van der Waals surface area contributed by atoms with E-state index < -0.39 is 40.1 Å². The highest BCUT2D eigenvalue weighted by molar-refractivity contribution is 8.11. The molecular formula is C48H44N4O8S6. The lowest BCUT2D eigenvalue weighted by atomic mass is 10.1. The van der Waals surface area contributed by atoms with Crippen LogP contribution in [0.1, 0.15) is 33.4 Å². The SMILES string of the molecule is Cc1ccc(-c2csc(N(S(=O)(=O)c3ccc(C)cc3)S(=O)(=O)c3ccc(C)cc3)n2)cc1.Cc1ccc(-c2csc(N(S(=O)(=O)c3ccc(C)cc3)S(=O)(=O)c3ccc(C)cc3)n2)cc1. The molecule has 0 atom stereocenters. The minimum Gasteiger partial charge on any atom is -0.218 e. The summed E-state index contributed by atoms with van der Waals surface area (Å²) in [4.78, 5) is 8.32. The Morgan fingerprint density at radius 1 is 0.318 bits per heavy atom. The van der Waals surface area contributed by atoms with Gasteiger partial charge in [0.1, 0.15) is 0 Å². The Hall–Kier alpha value is -6.02. The molecule has 0 radical (unpaired) electrons. The second-order valence-corrected chi connectivity index (χ2v) is 24.7. The number of hydrogen-bond donors (Lipinski definition) is 0. The maximum atomic E-state index is 13.6. The molecule has 0 spiro atoms. The summed E-state index contributed by atoms with van der Waals surface area (Å²) in [5.74, 6) is 0. The molecule has 0 fully saturated rings. The third-order valence-electron chi connectivity index (χ3n) is 10.1. The standard InChI is InChI=1S/2C24H22N2O4S3/c2*1-17-4-10-20(11-5-17)23-16-31-24(25-23)26(32(27,28)21-12-6-18(2)7-13-21)33(29,30)22-14-8-19(3)9-15-22/h2*4-16H,1-3H3. The molecular weight excluding hydrogens is 953 g/mol. The number of nitrogens with zero attached hydrogens (tertiary/aromatic N) is 4. The molecule has 8 aromatic rings. The normalized spacial score (nSPS) is 12.0. The number of aromatic nitrogens is 2. The van der Waals surface area contributed by atoms with E-state index in [2.05, 4.69) is 9.97 Å². The highest BCUT2D eigenvalue weighted by Gasteiger charge is 2.40. The molecule has 8 rings (SSSR count). The molecule has 340 valence electrons. The maximum Gasteiger partial charge on any atom is 0.279 e. The summed E-state index contributed by atoms with van der Waals surface area (Å²) >= 11 is 1.93. The highest BCUT2D eigenvalue weighted by Crippen LogP contribution is 2.37. The second kappa shape index (κ2) is 19.1. The molecule has 0 saturated carbocycles. The van der Waals surface area contributed by atoms with Gasteiger partial charge >= 0.3 is 0 Å². The van der Waals surface area contributed by atoms with Crippen LogP contribution in [0.5, 0.6) is 0 Å². The van der Waals surface area contributed by atoms with Gasteiger partial charge in [0.05, 0.1) is 31.0 Å². The fourth-order valence-electron chi connectivity index (χ4n) is 6.30. The molecule has 12 nitrogen and oxygen atoms in total. The van der Waals surface area contributed by atoms with Gasteiger partial charge in [-0.25, -0.2) is 9.97 Å². The van der Waals surface area contributed by atoms with Crippen molar-refractivity contribution >= 4 is 73.0 Å². The highest BCUT2D eigenvalue weighted by atomic mass is 32.3. The zero-order valence-electron chi connectivity index (χ0n) is 36.5. The van der Waals surface area contributed by atoms with Crippen molar-refractivity contribution in [3.8, 4) is 22.5 Å². The van der Waals surface area contributed by atoms with Crippen LogP contribution in [0.4, 0.5) is 10.3 Å². The molecule has 2 heterocycles. The van der Waals surface area contributed by atoms with Crippen LogP contribution in [0.3, 0.4) is 0 Å². The second-order valence-electron chi connectivity index (χ2n) is 15.4. The third kappa shape index (κ3) is 10.2. The molecule has 0 bridgehead atoms. The van der Waals surface area contributed by atoms with Gasteiger partial charge in [-0.15, -0.1) is 30.1 Å². The van der Waals surface area contributed by atoms with Gasteiger partial charge in [0.25, 0.3) is 40.1 Å². The van der Waals surface area contributed by atoms with Crippen molar-refractivity contribution in [1.82, 2.24) is 9.97 Å². The number of benzene rings is 6. The molecule has 0 aliphatic rings. The topological polar surface area (TPSA) is 169 Å². The molecule has 0 saturated heterocycles. The third-order valence-corrected chi connectivity index (χ3v) is 20.5. The van der Waals surface area contributed by atoms with Crippen molar-refractivity contribution in [3.63, 3.8) is 0 Å². The van der Waals surface area contributed by atoms with Gasteiger partial charge in [0.15, 0.2) is 0 Å². The Bertz CT molecular complexity index is 3060. The van der Waals surface area contributed by atoms with Crippen LogP contribution < -0.4 is 7.42 Å². The Kier molecular flexibility index (Phi) is 13.8. The van der Waals surface area contributed by atoms with Gasteiger partial charge in [-0.2, -0.15) is 33.7 Å². The quantitative estimate of drug-likeness (QED) is 0.115. The Labute approximate surface area is 394 Å². The van der Waals surface area contributed by atoms with Crippen molar-refractivity contribution in [2.45, 2.75) is 61.1 Å². The zero-order valence-corrected chi connectivity index (χ0v) is 41.4. The van der Waals surface area contributed by atoms with Gasteiger partial charge in [-0.3, -0.25) is 0 Å². The number of thiazole rings is 2. The van der Waals surface area contributed by atoms with E-state index in [9.17, 15) is 33.7 Å². The van der Waals surface area contributed by atoms with E-state index >= 15 is 0 Å². The van der Waals surface area contributed by atoms with Crippen LogP contribution in [0.25, 0.3) is 22.5 Å². The van der Waals surface area contributed by atoms with Crippen LogP contribution in [0.2, 0.25) is 0 Å². The minimum absolute atomic E-state index is 0.129. The van der Waals surface area contributed by atoms with Gasteiger partial charge in [0, 0.05) is 21.9 Å². The number of sulfonamides is 4. The monoisotopic (exact) mass is 996 g/mol. The van der Waals surface area contributed by atoms with Crippen LogP contribution in [0.15, 0.2) is 176 Å². The lowest BCUT2D eigenvalue weighted by Gasteiger charge is -2.21. The molecule has 0 unspecified atom stereocenters. The Morgan fingerprint density at radius 3 is 0.727 bits per heavy atom. The van der Waals surface area contributed by atoms with Crippen LogP contribution in [-0.2, 0) is 40.1 Å². The van der Waals surface area contributed by atoms with E-state index in [0.717, 1.165) is 67.2 Å². The predicted octanol–water partition coefficient (Wildman–Crippen LogP) is 10.6. The fraction of sp³-hybridized carbons (Fsp3) is 0.125. The first kappa shape index (κ1) is 47.9. The largest absolute Gasteiger partial charge is 0.279 e. The van der Waals surface area contributed by atoms with E-state index in [1.165, 1.54) is 48.5 Å². The van der Waals surface area contributed by atoms with E-state index in [1.807, 2.05) is 90.1 Å². The summed E-state index contributed by atoms with van der Waals surface area (Å²) in [5.41, 5.74) is 8.11. The summed E-state index contributed by atoms with van der Waals surface area (Å²) in [6.07, 6.45) is 0. The predicted molar refractivity (Wildman–Crippen MR) is 263 cm³/mol. The number of hydrogen-bond acceptors (Lipinski definition) is 12. The van der Waals surface area contributed by atoms with Crippen LogP contribution in [-0.4, -0.2) is 43.6 Å². The summed E-state index contributed by atoms with van der Waals surface area (Å²) in [6.45, 7) is 11.2. The summed E-state index contributed by atoms with van der Waals surface area (Å²) in [7, 11) is -17.9. The number of aryl methyl sites for hydroxylation is 6.